The van der Waals surface area contributed by atoms with E-state index >= 15 is 0 Å². The van der Waals surface area contributed by atoms with Crippen LogP contribution in [0, 0.1) is 5.92 Å². The summed E-state index contributed by atoms with van der Waals surface area (Å²) in [5.41, 5.74) is 2.23. The zero-order chi connectivity index (χ0) is 12.8. The van der Waals surface area contributed by atoms with Crippen molar-refractivity contribution in [3.8, 4) is 0 Å². The molecule has 17 heavy (non-hydrogen) atoms. The predicted octanol–water partition coefficient (Wildman–Crippen LogP) is 3.48. The Hall–Kier alpha value is -1.02. The number of halogens is 1. The summed E-state index contributed by atoms with van der Waals surface area (Å²) in [6.45, 7) is 4.40. The summed E-state index contributed by atoms with van der Waals surface area (Å²) in [4.78, 5) is 13.3. The molecule has 1 aromatic rings. The maximum absolute atomic E-state index is 11.6. The smallest absolute Gasteiger partial charge is 0.227 e. The lowest BCUT2D eigenvalue weighted by molar-refractivity contribution is -0.117. The molecular weight excluding hydrogens is 234 g/mol. The van der Waals surface area contributed by atoms with Gasteiger partial charge in [0, 0.05) is 25.0 Å². The van der Waals surface area contributed by atoms with Gasteiger partial charge in [-0.05, 0) is 30.0 Å². The second-order valence-electron chi connectivity index (χ2n) is 4.66. The van der Waals surface area contributed by atoms with Gasteiger partial charge in [-0.25, -0.2) is 0 Å². The molecule has 0 unspecified atom stereocenters. The van der Waals surface area contributed by atoms with Gasteiger partial charge in [0.2, 0.25) is 5.91 Å². The first-order valence-corrected chi connectivity index (χ1v) is 6.49. The minimum Gasteiger partial charge on any atom is -0.315 e. The average Bonchev–Trinajstić information content (AvgIpc) is 2.28. The minimum absolute atomic E-state index is 0.0524. The molecule has 0 aliphatic carbocycles. The maximum Gasteiger partial charge on any atom is 0.227 e. The van der Waals surface area contributed by atoms with E-state index in [0.717, 1.165) is 12.1 Å². The summed E-state index contributed by atoms with van der Waals surface area (Å²) in [5, 5.41) is 0. The van der Waals surface area contributed by atoms with Crippen LogP contribution in [-0.2, 0) is 11.2 Å². The summed E-state index contributed by atoms with van der Waals surface area (Å²) in [7, 11) is 1.78. The molecule has 1 rings (SSSR count). The van der Waals surface area contributed by atoms with Gasteiger partial charge in [-0.3, -0.25) is 4.79 Å². The quantitative estimate of drug-likeness (QED) is 0.736. The summed E-state index contributed by atoms with van der Waals surface area (Å²) in [6, 6.07) is 8.15. The van der Waals surface area contributed by atoms with Gasteiger partial charge in [-0.1, -0.05) is 26.0 Å². The summed E-state index contributed by atoms with van der Waals surface area (Å²) >= 11 is 5.56. The molecule has 1 amide bonds. The lowest BCUT2D eigenvalue weighted by Gasteiger charge is -2.17. The highest BCUT2D eigenvalue weighted by molar-refractivity contribution is 6.19. The molecule has 0 heterocycles. The first-order chi connectivity index (χ1) is 8.04. The Morgan fingerprint density at radius 1 is 1.29 bits per heavy atom. The van der Waals surface area contributed by atoms with Crippen LogP contribution >= 0.6 is 11.6 Å². The van der Waals surface area contributed by atoms with Crippen molar-refractivity contribution in [2.75, 3.05) is 17.8 Å². The Labute approximate surface area is 109 Å². The normalized spacial score (nSPS) is 10.6. The van der Waals surface area contributed by atoms with E-state index in [9.17, 15) is 4.79 Å². The molecule has 0 bridgehead atoms. The van der Waals surface area contributed by atoms with Gasteiger partial charge in [0.05, 0.1) is 0 Å². The van der Waals surface area contributed by atoms with Crippen LogP contribution < -0.4 is 4.90 Å². The molecule has 0 aliphatic heterocycles. The topological polar surface area (TPSA) is 20.3 Å². The average molecular weight is 254 g/mol. The van der Waals surface area contributed by atoms with E-state index in [1.807, 2.05) is 12.1 Å². The fourth-order valence-electron chi connectivity index (χ4n) is 1.72. The number of hydrogen-bond acceptors (Lipinski definition) is 1. The number of amides is 1. The number of benzene rings is 1. The Kier molecular flexibility index (Phi) is 5.49. The highest BCUT2D eigenvalue weighted by Gasteiger charge is 2.09. The molecule has 0 saturated carbocycles. The van der Waals surface area contributed by atoms with Crippen LogP contribution in [-0.4, -0.2) is 18.8 Å². The van der Waals surface area contributed by atoms with Gasteiger partial charge in [0.15, 0.2) is 0 Å². The van der Waals surface area contributed by atoms with Crippen molar-refractivity contribution < 1.29 is 4.79 Å². The number of nitrogens with zero attached hydrogens (tertiary/aromatic N) is 1. The fraction of sp³-hybridized carbons (Fsp3) is 0.500. The Bertz CT molecular complexity index is 359. The van der Waals surface area contributed by atoms with Gasteiger partial charge < -0.3 is 4.90 Å². The molecule has 94 valence electrons. The third-order valence-corrected chi connectivity index (χ3v) is 2.84. The Balaban J connectivity index is 2.70. The van der Waals surface area contributed by atoms with E-state index in [0.29, 0.717) is 18.2 Å². The van der Waals surface area contributed by atoms with E-state index in [1.54, 1.807) is 11.9 Å². The lowest BCUT2D eigenvalue weighted by atomic mass is 10.0. The van der Waals surface area contributed by atoms with Crippen molar-refractivity contribution >= 4 is 23.2 Å². The van der Waals surface area contributed by atoms with Crippen molar-refractivity contribution in [3.05, 3.63) is 29.8 Å². The highest BCUT2D eigenvalue weighted by Crippen LogP contribution is 2.16. The third-order valence-electron chi connectivity index (χ3n) is 2.65. The molecule has 0 aliphatic rings. The summed E-state index contributed by atoms with van der Waals surface area (Å²) in [6.07, 6.45) is 1.45. The van der Waals surface area contributed by atoms with Crippen LogP contribution in [0.1, 0.15) is 25.8 Å². The van der Waals surface area contributed by atoms with Gasteiger partial charge in [0.1, 0.15) is 0 Å². The molecular formula is C14H20ClNO. The van der Waals surface area contributed by atoms with Crippen LogP contribution in [0.5, 0.6) is 0 Å². The van der Waals surface area contributed by atoms with Crippen LogP contribution in [0.4, 0.5) is 5.69 Å². The van der Waals surface area contributed by atoms with Crippen LogP contribution in [0.25, 0.3) is 0 Å². The number of carbonyl (C=O) groups excluding carboxylic acids is 1. The lowest BCUT2D eigenvalue weighted by Crippen LogP contribution is -2.26. The second kappa shape index (κ2) is 6.65. The van der Waals surface area contributed by atoms with Gasteiger partial charge in [0.25, 0.3) is 0 Å². The number of carbonyl (C=O) groups is 1. The van der Waals surface area contributed by atoms with Gasteiger partial charge in [-0.2, -0.15) is 0 Å². The van der Waals surface area contributed by atoms with Gasteiger partial charge >= 0.3 is 0 Å². The molecule has 1 aromatic carbocycles. The van der Waals surface area contributed by atoms with E-state index in [1.165, 1.54) is 5.56 Å². The summed E-state index contributed by atoms with van der Waals surface area (Å²) in [5.74, 6) is 1.07. The first-order valence-electron chi connectivity index (χ1n) is 5.96. The molecule has 0 N–H and O–H groups in total. The standard InChI is InChI=1S/C14H20ClNO/c1-11(2)10-12-4-6-13(7-5-12)16(3)14(17)8-9-15/h4-7,11H,8-10H2,1-3H3. The number of hydrogen-bond donors (Lipinski definition) is 0. The van der Waals surface area contributed by atoms with Crippen LogP contribution in [0.3, 0.4) is 0 Å². The third kappa shape index (κ3) is 4.39. The van der Waals surface area contributed by atoms with Crippen molar-refractivity contribution in [2.45, 2.75) is 26.7 Å². The van der Waals surface area contributed by atoms with E-state index in [4.69, 9.17) is 11.6 Å². The Morgan fingerprint density at radius 3 is 2.35 bits per heavy atom. The molecule has 0 atom stereocenters. The fourth-order valence-corrected chi connectivity index (χ4v) is 1.88. The van der Waals surface area contributed by atoms with Crippen molar-refractivity contribution in [2.24, 2.45) is 5.92 Å². The van der Waals surface area contributed by atoms with E-state index in [2.05, 4.69) is 26.0 Å². The maximum atomic E-state index is 11.6. The largest absolute Gasteiger partial charge is 0.315 e. The van der Waals surface area contributed by atoms with Crippen molar-refractivity contribution in [3.63, 3.8) is 0 Å². The predicted molar refractivity (Wildman–Crippen MR) is 73.7 cm³/mol. The minimum atomic E-state index is 0.0524. The summed E-state index contributed by atoms with van der Waals surface area (Å²) < 4.78 is 0. The molecule has 3 heteroatoms. The number of anilines is 1. The highest BCUT2D eigenvalue weighted by atomic mass is 35.5. The molecule has 0 fully saturated rings. The second-order valence-corrected chi connectivity index (χ2v) is 5.03. The number of alkyl halides is 1. The van der Waals surface area contributed by atoms with E-state index in [-0.39, 0.29) is 5.91 Å². The van der Waals surface area contributed by atoms with Crippen molar-refractivity contribution in [1.82, 2.24) is 0 Å². The van der Waals surface area contributed by atoms with Crippen molar-refractivity contribution in [1.29, 1.82) is 0 Å². The molecule has 0 spiro atoms. The first kappa shape index (κ1) is 14.0. The zero-order valence-corrected chi connectivity index (χ0v) is 11.5. The monoisotopic (exact) mass is 253 g/mol. The van der Waals surface area contributed by atoms with E-state index < -0.39 is 0 Å². The Morgan fingerprint density at radius 2 is 1.88 bits per heavy atom. The molecule has 0 aromatic heterocycles. The van der Waals surface area contributed by atoms with Gasteiger partial charge in [-0.15, -0.1) is 11.6 Å². The zero-order valence-electron chi connectivity index (χ0n) is 10.7. The van der Waals surface area contributed by atoms with Crippen LogP contribution in [0.15, 0.2) is 24.3 Å². The molecule has 0 saturated heterocycles. The molecule has 0 radical (unpaired) electrons. The SMILES string of the molecule is CC(C)Cc1ccc(N(C)C(=O)CCCl)cc1. The number of rotatable bonds is 5. The molecule has 2 nitrogen and oxygen atoms in total. The van der Waals surface area contributed by atoms with Crippen LogP contribution in [0.2, 0.25) is 0 Å².